The van der Waals surface area contributed by atoms with Crippen LogP contribution in [0.5, 0.6) is 0 Å². The van der Waals surface area contributed by atoms with Crippen LogP contribution in [-0.2, 0) is 0 Å². The lowest BCUT2D eigenvalue weighted by Crippen LogP contribution is -1.63. The van der Waals surface area contributed by atoms with E-state index in [1.165, 1.54) is 11.6 Å². The molecule has 0 spiro atoms. The van der Waals surface area contributed by atoms with E-state index in [0.29, 0.717) is 0 Å². The molecule has 1 aromatic carbocycles. The second-order valence-corrected chi connectivity index (χ2v) is 1.95. The van der Waals surface area contributed by atoms with Crippen molar-refractivity contribution in [3.63, 3.8) is 0 Å². The van der Waals surface area contributed by atoms with Crippen LogP contribution in [0.4, 0.5) is 0 Å². The van der Waals surface area contributed by atoms with E-state index in [1.54, 1.807) is 6.07 Å². The molecule has 0 bridgehead atoms. The molecular formula is C11H11N. The van der Waals surface area contributed by atoms with Gasteiger partial charge in [0.15, 0.2) is 0 Å². The predicted octanol–water partition coefficient (Wildman–Crippen LogP) is 3.03. The Morgan fingerprint density at radius 1 is 1.17 bits per heavy atom. The molecule has 0 atom stereocenters. The molecule has 0 aromatic heterocycles. The van der Waals surface area contributed by atoms with Gasteiger partial charge in [0, 0.05) is 6.08 Å². The van der Waals surface area contributed by atoms with Crippen LogP contribution in [-0.4, -0.2) is 0 Å². The SMILES string of the molecule is C=CC#N.C=Cc1ccccc1. The molecule has 0 radical (unpaired) electrons. The topological polar surface area (TPSA) is 23.8 Å². The predicted molar refractivity (Wildman–Crippen MR) is 52.3 cm³/mol. The third-order valence-electron chi connectivity index (χ3n) is 1.13. The van der Waals surface area contributed by atoms with Crippen LogP contribution in [0.1, 0.15) is 5.56 Å². The Kier molecular flexibility index (Phi) is 6.20. The minimum Gasteiger partial charge on any atom is -0.193 e. The highest BCUT2D eigenvalue weighted by atomic mass is 14.2. The highest BCUT2D eigenvalue weighted by molar-refractivity contribution is 5.45. The molecule has 0 aliphatic heterocycles. The van der Waals surface area contributed by atoms with Crippen LogP contribution in [0.3, 0.4) is 0 Å². The number of benzene rings is 1. The average molecular weight is 157 g/mol. The Hall–Kier alpha value is -1.81. The van der Waals surface area contributed by atoms with Crippen molar-refractivity contribution in [1.82, 2.24) is 0 Å². The van der Waals surface area contributed by atoms with Crippen LogP contribution in [0.25, 0.3) is 6.08 Å². The van der Waals surface area contributed by atoms with E-state index in [0.717, 1.165) is 0 Å². The Bertz CT molecular complexity index is 267. The third-order valence-corrected chi connectivity index (χ3v) is 1.13. The van der Waals surface area contributed by atoms with Crippen molar-refractivity contribution in [2.24, 2.45) is 0 Å². The lowest BCUT2D eigenvalue weighted by Gasteiger charge is -1.85. The molecule has 1 nitrogen and oxygen atoms in total. The van der Waals surface area contributed by atoms with E-state index in [-0.39, 0.29) is 0 Å². The van der Waals surface area contributed by atoms with Crippen molar-refractivity contribution >= 4 is 6.08 Å². The van der Waals surface area contributed by atoms with E-state index >= 15 is 0 Å². The summed E-state index contributed by atoms with van der Waals surface area (Å²) >= 11 is 0. The van der Waals surface area contributed by atoms with E-state index < -0.39 is 0 Å². The van der Waals surface area contributed by atoms with Gasteiger partial charge in [-0.3, -0.25) is 0 Å². The van der Waals surface area contributed by atoms with Crippen molar-refractivity contribution in [2.75, 3.05) is 0 Å². The summed E-state index contributed by atoms with van der Waals surface area (Å²) in [6.07, 6.45) is 3.01. The standard InChI is InChI=1S/C8H8.C3H3N/c1-2-8-6-4-3-5-7-8;1-2-3-4/h2-7H,1H2;2H,1H2. The highest BCUT2D eigenvalue weighted by Crippen LogP contribution is 1.97. The van der Waals surface area contributed by atoms with Gasteiger partial charge < -0.3 is 0 Å². The number of nitriles is 1. The van der Waals surface area contributed by atoms with E-state index in [1.807, 2.05) is 36.4 Å². The fourth-order valence-corrected chi connectivity index (χ4v) is 0.589. The Morgan fingerprint density at radius 2 is 1.67 bits per heavy atom. The van der Waals surface area contributed by atoms with Crippen molar-refractivity contribution in [1.29, 1.82) is 5.26 Å². The summed E-state index contributed by atoms with van der Waals surface area (Å²) in [6, 6.07) is 11.7. The summed E-state index contributed by atoms with van der Waals surface area (Å²) in [5, 5.41) is 7.51. The smallest absolute Gasteiger partial charge is 0.0905 e. The first kappa shape index (κ1) is 10.2. The first-order valence-corrected chi connectivity index (χ1v) is 3.53. The van der Waals surface area contributed by atoms with Gasteiger partial charge in [-0.25, -0.2) is 0 Å². The molecule has 12 heavy (non-hydrogen) atoms. The Morgan fingerprint density at radius 3 is 1.92 bits per heavy atom. The molecule has 1 heteroatoms. The molecule has 0 saturated carbocycles. The van der Waals surface area contributed by atoms with Gasteiger partial charge in [0.25, 0.3) is 0 Å². The summed E-state index contributed by atoms with van der Waals surface area (Å²) in [4.78, 5) is 0. The van der Waals surface area contributed by atoms with Gasteiger partial charge in [-0.15, -0.1) is 0 Å². The Labute approximate surface area is 73.3 Å². The molecule has 0 saturated heterocycles. The minimum absolute atomic E-state index is 1.17. The first-order chi connectivity index (χ1) is 5.85. The molecule has 0 amide bonds. The van der Waals surface area contributed by atoms with Gasteiger partial charge in [-0.1, -0.05) is 49.6 Å². The lowest BCUT2D eigenvalue weighted by molar-refractivity contribution is 1.54. The summed E-state index contributed by atoms with van der Waals surface area (Å²) in [7, 11) is 0. The van der Waals surface area contributed by atoms with Crippen molar-refractivity contribution in [3.8, 4) is 6.07 Å². The second-order valence-electron chi connectivity index (χ2n) is 1.95. The molecule has 0 aliphatic rings. The van der Waals surface area contributed by atoms with Gasteiger partial charge in [-0.05, 0) is 5.56 Å². The normalized spacial score (nSPS) is 6.92. The number of nitrogens with zero attached hydrogens (tertiary/aromatic N) is 1. The van der Waals surface area contributed by atoms with Gasteiger partial charge in [0.1, 0.15) is 0 Å². The van der Waals surface area contributed by atoms with Gasteiger partial charge in [0.2, 0.25) is 0 Å². The van der Waals surface area contributed by atoms with Crippen LogP contribution in [0.2, 0.25) is 0 Å². The molecular weight excluding hydrogens is 146 g/mol. The molecule has 1 aromatic rings. The van der Waals surface area contributed by atoms with E-state index in [9.17, 15) is 0 Å². The molecule has 0 fully saturated rings. The first-order valence-electron chi connectivity index (χ1n) is 3.53. The fourth-order valence-electron chi connectivity index (χ4n) is 0.589. The number of hydrogen-bond donors (Lipinski definition) is 0. The van der Waals surface area contributed by atoms with Gasteiger partial charge in [0.05, 0.1) is 6.07 Å². The summed E-state index contributed by atoms with van der Waals surface area (Å²) in [5.74, 6) is 0. The van der Waals surface area contributed by atoms with Gasteiger partial charge >= 0.3 is 0 Å². The quantitative estimate of drug-likeness (QED) is 0.575. The van der Waals surface area contributed by atoms with Crippen LogP contribution < -0.4 is 0 Å². The average Bonchev–Trinajstić information content (AvgIpc) is 2.19. The zero-order valence-electron chi connectivity index (χ0n) is 6.90. The molecule has 0 aliphatic carbocycles. The molecule has 60 valence electrons. The third kappa shape index (κ3) is 5.01. The number of rotatable bonds is 1. The zero-order chi connectivity index (χ0) is 9.23. The van der Waals surface area contributed by atoms with Crippen LogP contribution in [0, 0.1) is 11.3 Å². The van der Waals surface area contributed by atoms with Crippen molar-refractivity contribution in [3.05, 3.63) is 55.1 Å². The summed E-state index contributed by atoms with van der Waals surface area (Å²) in [6.45, 7) is 6.75. The van der Waals surface area contributed by atoms with Crippen molar-refractivity contribution in [2.45, 2.75) is 0 Å². The summed E-state index contributed by atoms with van der Waals surface area (Å²) < 4.78 is 0. The minimum atomic E-state index is 1.17. The maximum Gasteiger partial charge on any atom is 0.0905 e. The van der Waals surface area contributed by atoms with E-state index in [4.69, 9.17) is 5.26 Å². The Balaban J connectivity index is 0.000000261. The molecule has 0 unspecified atom stereocenters. The van der Waals surface area contributed by atoms with Crippen LogP contribution in [0.15, 0.2) is 49.6 Å². The van der Waals surface area contributed by atoms with Crippen LogP contribution >= 0.6 is 0 Å². The molecule has 0 heterocycles. The highest BCUT2D eigenvalue weighted by Gasteiger charge is 1.75. The van der Waals surface area contributed by atoms with Gasteiger partial charge in [-0.2, -0.15) is 5.26 Å². The summed E-state index contributed by atoms with van der Waals surface area (Å²) in [5.41, 5.74) is 1.17. The van der Waals surface area contributed by atoms with Crippen molar-refractivity contribution < 1.29 is 0 Å². The fraction of sp³-hybridized carbons (Fsp3) is 0. The molecule has 0 N–H and O–H groups in total. The largest absolute Gasteiger partial charge is 0.193 e. The number of allylic oxidation sites excluding steroid dienone is 1. The molecule has 1 rings (SSSR count). The van der Waals surface area contributed by atoms with E-state index in [2.05, 4.69) is 13.2 Å². The number of hydrogen-bond acceptors (Lipinski definition) is 1. The second kappa shape index (κ2) is 7.30. The zero-order valence-corrected chi connectivity index (χ0v) is 6.90. The maximum absolute atomic E-state index is 7.51. The maximum atomic E-state index is 7.51. The lowest BCUT2D eigenvalue weighted by atomic mass is 10.2. The monoisotopic (exact) mass is 157 g/mol.